The summed E-state index contributed by atoms with van der Waals surface area (Å²) in [5.74, 6) is -0.300. The van der Waals surface area contributed by atoms with Crippen LogP contribution in [-0.2, 0) is 20.3 Å². The molecule has 3 atom stereocenters. The Balaban J connectivity index is 2.25. The van der Waals surface area contributed by atoms with Crippen molar-refractivity contribution in [2.75, 3.05) is 0 Å². The van der Waals surface area contributed by atoms with E-state index in [0.29, 0.717) is 4.90 Å². The van der Waals surface area contributed by atoms with Gasteiger partial charge >= 0.3 is 5.97 Å². The van der Waals surface area contributed by atoms with Gasteiger partial charge in [-0.05, 0) is 59.1 Å². The molecule has 0 heterocycles. The normalized spacial score (nSPS) is 23.1. The first-order chi connectivity index (χ1) is 11.6. The van der Waals surface area contributed by atoms with Crippen molar-refractivity contribution in [2.24, 2.45) is 5.41 Å². The lowest BCUT2D eigenvalue weighted by atomic mass is 9.77. The summed E-state index contributed by atoms with van der Waals surface area (Å²) < 4.78 is 17.8. The number of ether oxygens (including phenoxy) is 1. The maximum Gasteiger partial charge on any atom is 0.307 e. The van der Waals surface area contributed by atoms with Gasteiger partial charge in [-0.2, -0.15) is 0 Å². The lowest BCUT2D eigenvalue weighted by Gasteiger charge is -2.36. The Kier molecular flexibility index (Phi) is 6.50. The molecule has 0 saturated heterocycles. The Hall–Kier alpha value is -1.13. The Morgan fingerprint density at radius 2 is 1.96 bits per heavy atom. The number of hydrogen-bond donors (Lipinski definition) is 0. The number of esters is 1. The lowest BCUT2D eigenvalue weighted by molar-refractivity contribution is -0.157. The second-order valence-corrected chi connectivity index (χ2v) is 9.95. The maximum atomic E-state index is 13.0. The fourth-order valence-corrected chi connectivity index (χ4v) is 4.94. The molecule has 0 radical (unpaired) electrons. The Labute approximate surface area is 158 Å². The third-order valence-electron chi connectivity index (χ3n) is 4.25. The number of benzene rings is 1. The predicted molar refractivity (Wildman–Crippen MR) is 103 cm³/mol. The molecule has 0 N–H and O–H groups in total. The zero-order valence-corrected chi connectivity index (χ0v) is 17.0. The highest BCUT2D eigenvalue weighted by molar-refractivity contribution is 7.87. The van der Waals surface area contributed by atoms with Crippen molar-refractivity contribution in [3.05, 3.63) is 42.0 Å². The van der Waals surface area contributed by atoms with Crippen molar-refractivity contribution in [3.8, 4) is 0 Å². The number of carbonyl (C=O) groups excluding carboxylic acids is 1. The summed E-state index contributed by atoms with van der Waals surface area (Å²) in [6, 6.07) is 7.53. The molecule has 1 aliphatic carbocycles. The number of allylic oxidation sites excluding steroid dienone is 2. The van der Waals surface area contributed by atoms with Crippen LogP contribution in [0, 0.1) is 12.3 Å². The van der Waals surface area contributed by atoms with Gasteiger partial charge < -0.3 is 4.74 Å². The van der Waals surface area contributed by atoms with Crippen LogP contribution in [0.4, 0.5) is 0 Å². The largest absolute Gasteiger partial charge is 0.460 e. The van der Waals surface area contributed by atoms with Gasteiger partial charge in [0.25, 0.3) is 0 Å². The fourth-order valence-electron chi connectivity index (χ4n) is 3.02. The molecule has 0 aliphatic heterocycles. The molecule has 1 aromatic rings. The smallest absolute Gasteiger partial charge is 0.307 e. The van der Waals surface area contributed by atoms with E-state index in [1.807, 2.05) is 64.1 Å². The molecular weight excluding hydrogens is 356 g/mol. The predicted octanol–water partition coefficient (Wildman–Crippen LogP) is 5.13. The molecule has 0 aromatic heterocycles. The van der Waals surface area contributed by atoms with Gasteiger partial charge in [-0.15, -0.1) is 11.6 Å². The third-order valence-corrected chi connectivity index (χ3v) is 6.75. The first-order valence-electron chi connectivity index (χ1n) is 8.64. The molecule has 0 fully saturated rings. The van der Waals surface area contributed by atoms with Gasteiger partial charge in [0.05, 0.1) is 17.2 Å². The second kappa shape index (κ2) is 8.05. The lowest BCUT2D eigenvalue weighted by Crippen LogP contribution is -2.38. The van der Waals surface area contributed by atoms with Gasteiger partial charge in [0, 0.05) is 10.3 Å². The van der Waals surface area contributed by atoms with Crippen LogP contribution >= 0.6 is 11.6 Å². The zero-order valence-electron chi connectivity index (χ0n) is 15.4. The summed E-state index contributed by atoms with van der Waals surface area (Å²) in [5.41, 5.74) is -0.0835. The summed E-state index contributed by atoms with van der Waals surface area (Å²) in [7, 11) is -1.41. The molecule has 0 amide bonds. The molecule has 3 unspecified atom stereocenters. The van der Waals surface area contributed by atoms with Crippen LogP contribution < -0.4 is 0 Å². The highest BCUT2D eigenvalue weighted by Gasteiger charge is 2.43. The zero-order chi connectivity index (χ0) is 18.7. The summed E-state index contributed by atoms with van der Waals surface area (Å²) in [6.45, 7) is 7.52. The number of rotatable bonds is 5. The number of alkyl halides is 1. The SMILES string of the molecule is Cc1ccc(S(=O)C(Cl)C2(CC(=O)OC(C)(C)C)C=CCCC2)cc1. The molecule has 0 saturated carbocycles. The highest BCUT2D eigenvalue weighted by atomic mass is 35.5. The molecule has 1 aromatic carbocycles. The summed E-state index contributed by atoms with van der Waals surface area (Å²) in [5, 5.41) is 0. The van der Waals surface area contributed by atoms with E-state index in [2.05, 4.69) is 0 Å². The quantitative estimate of drug-likeness (QED) is 0.403. The van der Waals surface area contributed by atoms with Crippen LogP contribution in [0.15, 0.2) is 41.3 Å². The monoisotopic (exact) mass is 382 g/mol. The van der Waals surface area contributed by atoms with Crippen molar-refractivity contribution in [3.63, 3.8) is 0 Å². The first-order valence-corrected chi connectivity index (χ1v) is 10.3. The van der Waals surface area contributed by atoms with Crippen molar-refractivity contribution >= 4 is 28.4 Å². The maximum absolute atomic E-state index is 13.0. The molecule has 1 aliphatic rings. The van der Waals surface area contributed by atoms with E-state index in [0.717, 1.165) is 24.8 Å². The topological polar surface area (TPSA) is 43.4 Å². The van der Waals surface area contributed by atoms with Crippen LogP contribution in [0.1, 0.15) is 52.0 Å². The van der Waals surface area contributed by atoms with Crippen LogP contribution in [0.3, 0.4) is 0 Å². The summed E-state index contributed by atoms with van der Waals surface area (Å²) >= 11 is 6.70. The number of carbonyl (C=O) groups is 1. The van der Waals surface area contributed by atoms with Crippen LogP contribution in [0.2, 0.25) is 0 Å². The Bertz CT molecular complexity index is 661. The highest BCUT2D eigenvalue weighted by Crippen LogP contribution is 2.44. The number of aryl methyl sites for hydroxylation is 1. The van der Waals surface area contributed by atoms with Crippen LogP contribution in [0.25, 0.3) is 0 Å². The van der Waals surface area contributed by atoms with Crippen molar-refractivity contribution in [2.45, 2.75) is 68.6 Å². The van der Waals surface area contributed by atoms with Crippen molar-refractivity contribution < 1.29 is 13.7 Å². The number of hydrogen-bond acceptors (Lipinski definition) is 3. The van der Waals surface area contributed by atoms with Crippen molar-refractivity contribution in [1.29, 1.82) is 0 Å². The second-order valence-electron chi connectivity index (χ2n) is 7.72. The molecular formula is C20H27ClO3S. The third kappa shape index (κ3) is 5.42. The minimum absolute atomic E-state index is 0.145. The Morgan fingerprint density at radius 1 is 1.32 bits per heavy atom. The molecule has 5 heteroatoms. The van der Waals surface area contributed by atoms with E-state index in [1.54, 1.807) is 0 Å². The fraction of sp³-hybridized carbons (Fsp3) is 0.550. The van der Waals surface area contributed by atoms with E-state index in [1.165, 1.54) is 0 Å². The summed E-state index contributed by atoms with van der Waals surface area (Å²) in [6.07, 6.45) is 6.77. The van der Waals surface area contributed by atoms with E-state index in [-0.39, 0.29) is 12.4 Å². The number of halogens is 1. The first kappa shape index (κ1) is 20.2. The van der Waals surface area contributed by atoms with Gasteiger partial charge in [0.2, 0.25) is 0 Å². The van der Waals surface area contributed by atoms with Crippen molar-refractivity contribution in [1.82, 2.24) is 0 Å². The minimum Gasteiger partial charge on any atom is -0.460 e. The van der Waals surface area contributed by atoms with E-state index in [4.69, 9.17) is 16.3 Å². The van der Waals surface area contributed by atoms with E-state index in [9.17, 15) is 9.00 Å². The van der Waals surface area contributed by atoms with Gasteiger partial charge in [0.15, 0.2) is 0 Å². The average Bonchev–Trinajstić information content (AvgIpc) is 2.53. The van der Waals surface area contributed by atoms with Crippen LogP contribution in [-0.4, -0.2) is 20.5 Å². The van der Waals surface area contributed by atoms with E-state index < -0.39 is 26.5 Å². The molecule has 2 rings (SSSR count). The standard InChI is InChI=1S/C20H27ClO3S/c1-15-8-10-16(11-9-15)25(23)18(21)20(12-6-5-7-13-20)14-17(22)24-19(2,3)4/h6,8-12,18H,5,7,13-14H2,1-4H3. The molecule has 3 nitrogen and oxygen atoms in total. The minimum atomic E-state index is -1.41. The van der Waals surface area contributed by atoms with Gasteiger partial charge in [-0.25, -0.2) is 0 Å². The summed E-state index contributed by atoms with van der Waals surface area (Å²) in [4.78, 5) is 13.1. The van der Waals surface area contributed by atoms with E-state index >= 15 is 0 Å². The Morgan fingerprint density at radius 3 is 2.48 bits per heavy atom. The van der Waals surface area contributed by atoms with Gasteiger partial charge in [-0.3, -0.25) is 9.00 Å². The molecule has 0 spiro atoms. The van der Waals surface area contributed by atoms with Gasteiger partial charge in [0.1, 0.15) is 10.3 Å². The average molecular weight is 383 g/mol. The molecule has 0 bridgehead atoms. The molecule has 138 valence electrons. The van der Waals surface area contributed by atoms with Crippen LogP contribution in [0.5, 0.6) is 0 Å². The van der Waals surface area contributed by atoms with Gasteiger partial charge in [-0.1, -0.05) is 29.8 Å². The molecule has 25 heavy (non-hydrogen) atoms.